The highest BCUT2D eigenvalue weighted by molar-refractivity contribution is 6.32. The maximum absolute atomic E-state index is 12.2. The van der Waals surface area contributed by atoms with Gasteiger partial charge in [0, 0.05) is 11.5 Å². The van der Waals surface area contributed by atoms with Gasteiger partial charge < -0.3 is 5.32 Å². The zero-order valence-electron chi connectivity index (χ0n) is 10.5. The maximum Gasteiger partial charge on any atom is 0.275 e. The molecule has 0 aliphatic rings. The predicted molar refractivity (Wildman–Crippen MR) is 81.7 cm³/mol. The molecule has 3 aromatic rings. The Morgan fingerprint density at radius 3 is 2.62 bits per heavy atom. The molecule has 2 heterocycles. The molecule has 1 aromatic carbocycles. The summed E-state index contributed by atoms with van der Waals surface area (Å²) in [5, 5.41) is 3.66. The molecule has 21 heavy (non-hydrogen) atoms. The highest BCUT2D eigenvalue weighted by Crippen LogP contribution is 2.16. The van der Waals surface area contributed by atoms with Crippen LogP contribution in [0.2, 0.25) is 10.4 Å². The third kappa shape index (κ3) is 3.09. The summed E-state index contributed by atoms with van der Waals surface area (Å²) in [6, 6.07) is 12.4. The lowest BCUT2D eigenvalue weighted by molar-refractivity contribution is 0.102. The molecule has 3 rings (SSSR count). The molecule has 5 nitrogen and oxygen atoms in total. The number of carbonyl (C=O) groups is 1. The van der Waals surface area contributed by atoms with Crippen LogP contribution in [0.5, 0.6) is 0 Å². The molecule has 0 saturated heterocycles. The molecular formula is C14H8Cl2N4O. The molecule has 104 valence electrons. The standard InChI is InChI=1S/C14H8Cl2N4O/c15-11-7-12(20-14(16)18-11)19-13(21)10-6-5-8-3-1-2-4-9(8)17-10/h1-7H,(H,18,19,20,21). The Kier molecular flexibility index (Phi) is 3.68. The number of nitrogens with zero attached hydrogens (tertiary/aromatic N) is 3. The van der Waals surface area contributed by atoms with Crippen LogP contribution in [-0.2, 0) is 0 Å². The van der Waals surface area contributed by atoms with Gasteiger partial charge in [0.25, 0.3) is 5.91 Å². The first-order valence-electron chi connectivity index (χ1n) is 5.99. The Morgan fingerprint density at radius 1 is 1.00 bits per heavy atom. The predicted octanol–water partition coefficient (Wildman–Crippen LogP) is 3.58. The van der Waals surface area contributed by atoms with Crippen LogP contribution in [0, 0.1) is 0 Å². The molecule has 0 saturated carbocycles. The van der Waals surface area contributed by atoms with Crippen LogP contribution in [0.25, 0.3) is 10.9 Å². The summed E-state index contributed by atoms with van der Waals surface area (Å²) in [5.41, 5.74) is 1.02. The van der Waals surface area contributed by atoms with Crippen molar-refractivity contribution in [1.29, 1.82) is 0 Å². The van der Waals surface area contributed by atoms with E-state index >= 15 is 0 Å². The van der Waals surface area contributed by atoms with E-state index in [2.05, 4.69) is 20.3 Å². The van der Waals surface area contributed by atoms with Crippen molar-refractivity contribution in [1.82, 2.24) is 15.0 Å². The summed E-state index contributed by atoms with van der Waals surface area (Å²) >= 11 is 11.4. The zero-order chi connectivity index (χ0) is 14.8. The minimum absolute atomic E-state index is 0.0377. The smallest absolute Gasteiger partial charge is 0.275 e. The third-order valence-corrected chi connectivity index (χ3v) is 3.10. The number of aromatic nitrogens is 3. The second-order valence-electron chi connectivity index (χ2n) is 4.19. The minimum Gasteiger partial charge on any atom is -0.305 e. The lowest BCUT2D eigenvalue weighted by Crippen LogP contribution is -2.14. The van der Waals surface area contributed by atoms with Crippen LogP contribution in [0.3, 0.4) is 0 Å². The SMILES string of the molecule is O=C(Nc1cc(Cl)nc(Cl)n1)c1ccc2ccccc2n1. The number of nitrogens with one attached hydrogen (secondary N) is 1. The largest absolute Gasteiger partial charge is 0.305 e. The van der Waals surface area contributed by atoms with Crippen LogP contribution in [-0.4, -0.2) is 20.9 Å². The van der Waals surface area contributed by atoms with Crippen molar-refractivity contribution in [2.45, 2.75) is 0 Å². The molecule has 2 aromatic heterocycles. The van der Waals surface area contributed by atoms with E-state index in [-0.39, 0.29) is 21.9 Å². The number of fused-ring (bicyclic) bond motifs is 1. The normalized spacial score (nSPS) is 10.6. The number of para-hydroxylation sites is 1. The van der Waals surface area contributed by atoms with Crippen LogP contribution in [0.1, 0.15) is 10.5 Å². The van der Waals surface area contributed by atoms with Crippen molar-refractivity contribution >= 4 is 45.8 Å². The van der Waals surface area contributed by atoms with Crippen LogP contribution >= 0.6 is 23.2 Å². The van der Waals surface area contributed by atoms with Gasteiger partial charge in [-0.15, -0.1) is 0 Å². The average Bonchev–Trinajstić information content (AvgIpc) is 2.45. The van der Waals surface area contributed by atoms with Crippen LogP contribution in [0.4, 0.5) is 5.82 Å². The number of hydrogen-bond acceptors (Lipinski definition) is 4. The van der Waals surface area contributed by atoms with Crippen LogP contribution in [0.15, 0.2) is 42.5 Å². The minimum atomic E-state index is -0.397. The van der Waals surface area contributed by atoms with Gasteiger partial charge >= 0.3 is 0 Å². The van der Waals surface area contributed by atoms with Gasteiger partial charge in [-0.2, -0.15) is 0 Å². The summed E-state index contributed by atoms with van der Waals surface area (Å²) in [5.74, 6) is -0.174. The van der Waals surface area contributed by atoms with E-state index in [4.69, 9.17) is 23.2 Å². The van der Waals surface area contributed by atoms with Gasteiger partial charge in [0.2, 0.25) is 5.28 Å². The van der Waals surface area contributed by atoms with E-state index in [1.54, 1.807) is 6.07 Å². The van der Waals surface area contributed by atoms with Crippen molar-refractivity contribution in [3.8, 4) is 0 Å². The highest BCUT2D eigenvalue weighted by atomic mass is 35.5. The number of benzene rings is 1. The number of rotatable bonds is 2. The van der Waals surface area contributed by atoms with Gasteiger partial charge in [0.15, 0.2) is 0 Å². The third-order valence-electron chi connectivity index (χ3n) is 2.74. The molecule has 0 radical (unpaired) electrons. The van der Waals surface area contributed by atoms with Gasteiger partial charge in [-0.25, -0.2) is 15.0 Å². The molecule has 0 atom stereocenters. The van der Waals surface area contributed by atoms with Gasteiger partial charge in [-0.1, -0.05) is 35.9 Å². The fraction of sp³-hybridized carbons (Fsp3) is 0. The summed E-state index contributed by atoms with van der Waals surface area (Å²) in [4.78, 5) is 24.0. The lowest BCUT2D eigenvalue weighted by atomic mass is 10.2. The number of anilines is 1. The van der Waals surface area contributed by atoms with Gasteiger partial charge in [0.1, 0.15) is 16.7 Å². The second kappa shape index (κ2) is 5.63. The Morgan fingerprint density at radius 2 is 1.81 bits per heavy atom. The van der Waals surface area contributed by atoms with Gasteiger partial charge in [0.05, 0.1) is 5.52 Å². The lowest BCUT2D eigenvalue weighted by Gasteiger charge is -2.05. The summed E-state index contributed by atoms with van der Waals surface area (Å²) in [6.45, 7) is 0. The first-order valence-corrected chi connectivity index (χ1v) is 6.75. The number of hydrogen-bond donors (Lipinski definition) is 1. The number of carbonyl (C=O) groups excluding carboxylic acids is 1. The summed E-state index contributed by atoms with van der Waals surface area (Å²) < 4.78 is 0. The van der Waals surface area contributed by atoms with Crippen molar-refractivity contribution in [3.63, 3.8) is 0 Å². The molecule has 0 fully saturated rings. The second-order valence-corrected chi connectivity index (χ2v) is 4.91. The molecule has 0 spiro atoms. The Bertz CT molecular complexity index is 818. The van der Waals surface area contributed by atoms with Crippen LogP contribution < -0.4 is 5.32 Å². The van der Waals surface area contributed by atoms with E-state index in [1.165, 1.54) is 6.07 Å². The van der Waals surface area contributed by atoms with E-state index in [0.717, 1.165) is 10.9 Å². The van der Waals surface area contributed by atoms with E-state index < -0.39 is 5.91 Å². The first kappa shape index (κ1) is 13.7. The van der Waals surface area contributed by atoms with E-state index in [0.29, 0.717) is 0 Å². The molecule has 0 bridgehead atoms. The molecule has 7 heteroatoms. The van der Waals surface area contributed by atoms with Gasteiger partial charge in [-0.05, 0) is 23.7 Å². The Labute approximate surface area is 130 Å². The zero-order valence-corrected chi connectivity index (χ0v) is 12.1. The van der Waals surface area contributed by atoms with Crippen molar-refractivity contribution < 1.29 is 4.79 Å². The maximum atomic E-state index is 12.2. The van der Waals surface area contributed by atoms with Gasteiger partial charge in [-0.3, -0.25) is 4.79 Å². The van der Waals surface area contributed by atoms with E-state index in [1.807, 2.05) is 30.3 Å². The topological polar surface area (TPSA) is 67.8 Å². The van der Waals surface area contributed by atoms with Crippen molar-refractivity contribution in [3.05, 3.63) is 58.6 Å². The average molecular weight is 319 g/mol. The molecule has 1 amide bonds. The summed E-state index contributed by atoms with van der Waals surface area (Å²) in [6.07, 6.45) is 0. The first-order chi connectivity index (χ1) is 10.1. The number of amides is 1. The molecule has 1 N–H and O–H groups in total. The Hall–Kier alpha value is -2.24. The molecule has 0 unspecified atom stereocenters. The number of pyridine rings is 1. The summed E-state index contributed by atoms with van der Waals surface area (Å²) in [7, 11) is 0. The fourth-order valence-corrected chi connectivity index (χ4v) is 2.24. The quantitative estimate of drug-likeness (QED) is 0.579. The molecule has 0 aliphatic carbocycles. The molecule has 0 aliphatic heterocycles. The van der Waals surface area contributed by atoms with E-state index in [9.17, 15) is 4.79 Å². The molecular weight excluding hydrogens is 311 g/mol. The van der Waals surface area contributed by atoms with Crippen molar-refractivity contribution in [2.24, 2.45) is 0 Å². The number of halogens is 2. The fourth-order valence-electron chi connectivity index (χ4n) is 1.83. The monoisotopic (exact) mass is 318 g/mol. The van der Waals surface area contributed by atoms with Crippen molar-refractivity contribution in [2.75, 3.05) is 5.32 Å². The Balaban J connectivity index is 1.89. The highest BCUT2D eigenvalue weighted by Gasteiger charge is 2.10.